The van der Waals surface area contributed by atoms with Gasteiger partial charge in [-0.05, 0) is 32.3 Å². The summed E-state index contributed by atoms with van der Waals surface area (Å²) in [6.07, 6.45) is 4.72. The molecule has 1 rings (SSSR count). The maximum Gasteiger partial charge on any atom is 0.244 e. The monoisotopic (exact) mass is 194 g/mol. The molecule has 4 heteroatoms. The highest BCUT2D eigenvalue weighted by molar-refractivity contribution is 5.81. The average molecular weight is 194 g/mol. The molecule has 0 bridgehead atoms. The fourth-order valence-corrected chi connectivity index (χ4v) is 1.85. The van der Waals surface area contributed by atoms with Crippen LogP contribution in [0.2, 0.25) is 0 Å². The molecule has 4 N–H and O–H groups in total. The van der Waals surface area contributed by atoms with E-state index in [1.165, 1.54) is 12.8 Å². The molecule has 0 radical (unpaired) electrons. The van der Waals surface area contributed by atoms with Crippen LogP contribution in [0, 0.1) is 17.2 Å². The van der Waals surface area contributed by atoms with Crippen LogP contribution >= 0.6 is 0 Å². The highest BCUT2D eigenvalue weighted by Crippen LogP contribution is 2.15. The number of nitrogens with two attached hydrogens (primary N) is 2. The van der Waals surface area contributed by atoms with Crippen LogP contribution in [0.25, 0.3) is 0 Å². The Morgan fingerprint density at radius 2 is 2.14 bits per heavy atom. The van der Waals surface area contributed by atoms with Gasteiger partial charge in [0.25, 0.3) is 0 Å². The second-order valence-electron chi connectivity index (χ2n) is 3.75. The van der Waals surface area contributed by atoms with Crippen molar-refractivity contribution in [3.63, 3.8) is 0 Å². The van der Waals surface area contributed by atoms with E-state index in [2.05, 4.69) is 6.58 Å². The predicted octanol–water partition coefficient (Wildman–Crippen LogP) is -0.369. The number of carbonyl (C=O) groups excluding carboxylic acids is 1. The fraction of sp³-hybridized carbons (Fsp3) is 0.600. The first-order valence-electron chi connectivity index (χ1n) is 4.87. The number of amides is 1. The molecular formula is C10H16N3O+. The molecule has 4 nitrogen and oxygen atoms in total. The van der Waals surface area contributed by atoms with Gasteiger partial charge in [-0.1, -0.05) is 0 Å². The van der Waals surface area contributed by atoms with Crippen molar-refractivity contribution in [2.24, 2.45) is 11.7 Å². The third-order valence-electron chi connectivity index (χ3n) is 2.63. The first-order chi connectivity index (χ1) is 6.65. The zero-order valence-electron chi connectivity index (χ0n) is 8.20. The smallest absolute Gasteiger partial charge is 0.244 e. The lowest BCUT2D eigenvalue weighted by molar-refractivity contribution is -0.645. The first kappa shape index (κ1) is 10.7. The Kier molecular flexibility index (Phi) is 3.66. The molecule has 1 fully saturated rings. The zero-order chi connectivity index (χ0) is 10.6. The summed E-state index contributed by atoms with van der Waals surface area (Å²) in [5.41, 5.74) is 5.64. The van der Waals surface area contributed by atoms with Crippen molar-refractivity contribution in [1.82, 2.24) is 0 Å². The molecule has 0 aromatic carbocycles. The van der Waals surface area contributed by atoms with Gasteiger partial charge < -0.3 is 11.1 Å². The van der Waals surface area contributed by atoms with E-state index < -0.39 is 11.8 Å². The Bertz CT molecular complexity index is 274. The van der Waals surface area contributed by atoms with E-state index in [9.17, 15) is 4.79 Å². The lowest BCUT2D eigenvalue weighted by Gasteiger charge is -2.11. The van der Waals surface area contributed by atoms with Gasteiger partial charge in [-0.25, -0.2) is 0 Å². The molecule has 0 aliphatic heterocycles. The number of nitrogens with zero attached hydrogens (tertiary/aromatic N) is 1. The lowest BCUT2D eigenvalue weighted by atomic mass is 10.1. The molecule has 0 unspecified atom stereocenters. The van der Waals surface area contributed by atoms with Crippen molar-refractivity contribution in [2.75, 3.05) is 0 Å². The lowest BCUT2D eigenvalue weighted by Crippen LogP contribution is -2.88. The van der Waals surface area contributed by atoms with E-state index in [1.54, 1.807) is 0 Å². The molecule has 0 aromatic heterocycles. The summed E-state index contributed by atoms with van der Waals surface area (Å²) >= 11 is 0. The summed E-state index contributed by atoms with van der Waals surface area (Å²) in [6, 6.07) is 2.35. The molecular weight excluding hydrogens is 178 g/mol. The molecule has 1 amide bonds. The largest absolute Gasteiger partial charge is 0.368 e. The van der Waals surface area contributed by atoms with E-state index in [1.807, 2.05) is 11.4 Å². The van der Waals surface area contributed by atoms with Crippen molar-refractivity contribution in [3.8, 4) is 6.07 Å². The van der Waals surface area contributed by atoms with Gasteiger partial charge in [-0.2, -0.15) is 5.26 Å². The van der Waals surface area contributed by atoms with Gasteiger partial charge >= 0.3 is 0 Å². The van der Waals surface area contributed by atoms with Crippen LogP contribution in [0.15, 0.2) is 12.3 Å². The van der Waals surface area contributed by atoms with Gasteiger partial charge in [0.1, 0.15) is 5.70 Å². The minimum atomic E-state index is -0.851. The van der Waals surface area contributed by atoms with Crippen molar-refractivity contribution in [1.29, 1.82) is 5.26 Å². The van der Waals surface area contributed by atoms with Crippen LogP contribution < -0.4 is 11.1 Å². The normalized spacial score (nSPS) is 18.8. The molecule has 1 saturated carbocycles. The van der Waals surface area contributed by atoms with E-state index in [4.69, 9.17) is 11.0 Å². The number of primary amides is 1. The average Bonchev–Trinajstić information content (AvgIpc) is 2.57. The third kappa shape index (κ3) is 2.57. The molecule has 0 heterocycles. The maximum absolute atomic E-state index is 10.9. The van der Waals surface area contributed by atoms with Crippen LogP contribution in [0.5, 0.6) is 0 Å². The van der Waals surface area contributed by atoms with Gasteiger partial charge in [-0.3, -0.25) is 4.79 Å². The fourth-order valence-electron chi connectivity index (χ4n) is 1.85. The van der Waals surface area contributed by atoms with Crippen LogP contribution in [-0.2, 0) is 4.79 Å². The van der Waals surface area contributed by atoms with Gasteiger partial charge in [0.05, 0.1) is 12.1 Å². The highest BCUT2D eigenvalue weighted by atomic mass is 16.1. The van der Waals surface area contributed by atoms with E-state index >= 15 is 0 Å². The quantitative estimate of drug-likeness (QED) is 0.640. The second-order valence-corrected chi connectivity index (χ2v) is 3.75. The van der Waals surface area contributed by atoms with Crippen molar-refractivity contribution in [3.05, 3.63) is 12.3 Å². The summed E-state index contributed by atoms with van der Waals surface area (Å²) in [5.74, 6) is -1.46. The van der Waals surface area contributed by atoms with Crippen molar-refractivity contribution >= 4 is 5.91 Å². The SMILES string of the molecule is C=C([NH2+]C1CCCC1)[C@H](C#N)C(N)=O. The minimum Gasteiger partial charge on any atom is -0.368 e. The summed E-state index contributed by atoms with van der Waals surface area (Å²) in [7, 11) is 0. The first-order valence-corrected chi connectivity index (χ1v) is 4.87. The Morgan fingerprint density at radius 1 is 1.57 bits per heavy atom. The summed E-state index contributed by atoms with van der Waals surface area (Å²) in [6.45, 7) is 3.73. The van der Waals surface area contributed by atoms with Crippen LogP contribution in [0.1, 0.15) is 25.7 Å². The number of nitriles is 1. The molecule has 0 aromatic rings. The van der Waals surface area contributed by atoms with Crippen LogP contribution in [0.4, 0.5) is 0 Å². The van der Waals surface area contributed by atoms with E-state index in [-0.39, 0.29) is 0 Å². The number of hydrogen-bond donors (Lipinski definition) is 2. The van der Waals surface area contributed by atoms with Gasteiger partial charge in [0.2, 0.25) is 5.91 Å². The Labute approximate surface area is 83.8 Å². The maximum atomic E-state index is 10.9. The van der Waals surface area contributed by atoms with E-state index in [0.717, 1.165) is 12.8 Å². The van der Waals surface area contributed by atoms with Gasteiger partial charge in [0.15, 0.2) is 5.92 Å². The molecule has 0 saturated heterocycles. The zero-order valence-corrected chi connectivity index (χ0v) is 8.20. The standard InChI is InChI=1S/C10H15N3O/c1-7(9(6-11)10(12)14)13-8-4-2-3-5-8/h8-9,13H,1-5H2,(H2,12,14)/p+1/t9-/m0/s1. The Morgan fingerprint density at radius 3 is 2.57 bits per heavy atom. The molecule has 76 valence electrons. The van der Waals surface area contributed by atoms with Crippen molar-refractivity contribution < 1.29 is 10.1 Å². The highest BCUT2D eigenvalue weighted by Gasteiger charge is 2.26. The molecule has 0 spiro atoms. The third-order valence-corrected chi connectivity index (χ3v) is 2.63. The molecule has 14 heavy (non-hydrogen) atoms. The summed E-state index contributed by atoms with van der Waals surface area (Å²) < 4.78 is 0. The number of quaternary nitrogens is 1. The number of hydrogen-bond acceptors (Lipinski definition) is 2. The Balaban J connectivity index is 2.47. The number of carbonyl (C=O) groups is 1. The summed E-state index contributed by atoms with van der Waals surface area (Å²) in [4.78, 5) is 10.9. The van der Waals surface area contributed by atoms with E-state index in [0.29, 0.717) is 11.7 Å². The number of rotatable bonds is 4. The predicted molar refractivity (Wildman–Crippen MR) is 51.6 cm³/mol. The Hall–Kier alpha value is -1.34. The van der Waals surface area contributed by atoms with Crippen molar-refractivity contribution in [2.45, 2.75) is 31.7 Å². The van der Waals surface area contributed by atoms with Crippen LogP contribution in [0.3, 0.4) is 0 Å². The molecule has 1 aliphatic carbocycles. The van der Waals surface area contributed by atoms with Gasteiger partial charge in [0, 0.05) is 0 Å². The minimum absolute atomic E-state index is 0.484. The molecule has 1 aliphatic rings. The van der Waals surface area contributed by atoms with Crippen LogP contribution in [-0.4, -0.2) is 11.9 Å². The second kappa shape index (κ2) is 4.77. The molecule has 1 atom stereocenters. The topological polar surface area (TPSA) is 83.5 Å². The van der Waals surface area contributed by atoms with Gasteiger partial charge in [-0.15, -0.1) is 0 Å². The summed E-state index contributed by atoms with van der Waals surface area (Å²) in [5, 5.41) is 10.6.